The second kappa shape index (κ2) is 7.22. The lowest BCUT2D eigenvalue weighted by Crippen LogP contribution is -2.33. The molecule has 4 heteroatoms. The van der Waals surface area contributed by atoms with Crippen molar-refractivity contribution < 1.29 is 5.11 Å². The molecule has 0 saturated carbocycles. The van der Waals surface area contributed by atoms with Crippen LogP contribution in [0.15, 0.2) is 18.2 Å². The number of nitrogens with one attached hydrogen (secondary N) is 1. The van der Waals surface area contributed by atoms with Crippen molar-refractivity contribution in [2.75, 3.05) is 6.61 Å². The van der Waals surface area contributed by atoms with Crippen LogP contribution in [0.5, 0.6) is 0 Å². The Labute approximate surface area is 113 Å². The van der Waals surface area contributed by atoms with Crippen molar-refractivity contribution in [3.8, 4) is 0 Å². The van der Waals surface area contributed by atoms with E-state index in [0.717, 1.165) is 12.0 Å². The minimum atomic E-state index is 0.102. The summed E-state index contributed by atoms with van der Waals surface area (Å²) < 4.78 is 0. The van der Waals surface area contributed by atoms with Crippen LogP contribution in [-0.4, -0.2) is 17.8 Å². The first-order valence-corrected chi connectivity index (χ1v) is 6.56. The number of hydrogen-bond acceptors (Lipinski definition) is 2. The lowest BCUT2D eigenvalue weighted by molar-refractivity contribution is 0.223. The summed E-state index contributed by atoms with van der Waals surface area (Å²) in [6.07, 6.45) is 0.939. The molecule has 17 heavy (non-hydrogen) atoms. The van der Waals surface area contributed by atoms with Gasteiger partial charge in [-0.1, -0.05) is 37.0 Å². The van der Waals surface area contributed by atoms with E-state index in [1.165, 1.54) is 0 Å². The molecule has 0 heterocycles. The van der Waals surface area contributed by atoms with Crippen LogP contribution < -0.4 is 5.32 Å². The average molecular weight is 276 g/mol. The molecule has 0 amide bonds. The number of rotatable bonds is 6. The monoisotopic (exact) mass is 275 g/mol. The van der Waals surface area contributed by atoms with Gasteiger partial charge in [-0.05, 0) is 36.1 Å². The molecule has 0 aliphatic rings. The Morgan fingerprint density at radius 3 is 2.59 bits per heavy atom. The zero-order valence-corrected chi connectivity index (χ0v) is 11.7. The topological polar surface area (TPSA) is 32.3 Å². The van der Waals surface area contributed by atoms with E-state index >= 15 is 0 Å². The molecule has 1 atom stereocenters. The molecule has 0 bridgehead atoms. The molecule has 0 fully saturated rings. The maximum absolute atomic E-state index is 9.26. The molecule has 0 radical (unpaired) electrons. The Bertz CT molecular complexity index is 355. The van der Waals surface area contributed by atoms with E-state index in [2.05, 4.69) is 19.2 Å². The van der Waals surface area contributed by atoms with E-state index in [1.807, 2.05) is 6.07 Å². The zero-order valence-electron chi connectivity index (χ0n) is 10.2. The van der Waals surface area contributed by atoms with E-state index in [1.54, 1.807) is 12.1 Å². The molecule has 2 nitrogen and oxygen atoms in total. The summed E-state index contributed by atoms with van der Waals surface area (Å²) in [5, 5.41) is 13.9. The first kappa shape index (κ1) is 14.8. The standard InChI is InChI=1S/C13H19Cl2NO/c1-9(2)5-12(8-17)16-7-10-6-11(14)3-4-13(10)15/h3-4,6,9,12,16-17H,5,7-8H2,1-2H3. The molecule has 2 N–H and O–H groups in total. The summed E-state index contributed by atoms with van der Waals surface area (Å²) in [5.41, 5.74) is 0.960. The van der Waals surface area contributed by atoms with Crippen molar-refractivity contribution in [3.05, 3.63) is 33.8 Å². The van der Waals surface area contributed by atoms with Crippen LogP contribution in [0.25, 0.3) is 0 Å². The third-order valence-electron chi connectivity index (χ3n) is 2.57. The molecule has 0 aliphatic carbocycles. The fraction of sp³-hybridized carbons (Fsp3) is 0.538. The molecular formula is C13H19Cl2NO. The quantitative estimate of drug-likeness (QED) is 0.833. The summed E-state index contributed by atoms with van der Waals surface area (Å²) in [5.74, 6) is 0.550. The van der Waals surface area contributed by atoms with Gasteiger partial charge in [0.1, 0.15) is 0 Å². The normalized spacial score (nSPS) is 13.1. The van der Waals surface area contributed by atoms with Gasteiger partial charge in [0.2, 0.25) is 0 Å². The van der Waals surface area contributed by atoms with Crippen molar-refractivity contribution >= 4 is 23.2 Å². The Morgan fingerprint density at radius 1 is 1.29 bits per heavy atom. The van der Waals surface area contributed by atoms with Crippen LogP contribution in [0.4, 0.5) is 0 Å². The maximum atomic E-state index is 9.26. The summed E-state index contributed by atoms with van der Waals surface area (Å²) >= 11 is 12.0. The van der Waals surface area contributed by atoms with Gasteiger partial charge in [-0.15, -0.1) is 0 Å². The molecule has 0 aliphatic heterocycles. The Kier molecular flexibility index (Phi) is 6.28. The second-order valence-corrected chi connectivity index (χ2v) is 5.47. The summed E-state index contributed by atoms with van der Waals surface area (Å²) in [4.78, 5) is 0. The highest BCUT2D eigenvalue weighted by molar-refractivity contribution is 6.33. The number of aliphatic hydroxyl groups is 1. The molecule has 1 unspecified atom stereocenters. The van der Waals surface area contributed by atoms with E-state index in [9.17, 15) is 5.11 Å². The Balaban J connectivity index is 2.56. The molecule has 0 spiro atoms. The number of benzene rings is 1. The van der Waals surface area contributed by atoms with Crippen molar-refractivity contribution in [2.24, 2.45) is 5.92 Å². The molecule has 1 aromatic carbocycles. The summed E-state index contributed by atoms with van der Waals surface area (Å²) in [7, 11) is 0. The number of hydrogen-bond donors (Lipinski definition) is 2. The van der Waals surface area contributed by atoms with Gasteiger partial charge < -0.3 is 10.4 Å². The van der Waals surface area contributed by atoms with Crippen molar-refractivity contribution in [1.82, 2.24) is 5.32 Å². The second-order valence-electron chi connectivity index (χ2n) is 4.63. The first-order chi connectivity index (χ1) is 8.02. The van der Waals surface area contributed by atoms with Gasteiger partial charge in [0, 0.05) is 22.6 Å². The first-order valence-electron chi connectivity index (χ1n) is 5.81. The Morgan fingerprint density at radius 2 is 2.00 bits per heavy atom. The average Bonchev–Trinajstić information content (AvgIpc) is 2.28. The van der Waals surface area contributed by atoms with E-state index < -0.39 is 0 Å². The van der Waals surface area contributed by atoms with Gasteiger partial charge >= 0.3 is 0 Å². The fourth-order valence-electron chi connectivity index (χ4n) is 1.72. The molecule has 1 rings (SSSR count). The molecule has 96 valence electrons. The van der Waals surface area contributed by atoms with Gasteiger partial charge in [-0.3, -0.25) is 0 Å². The zero-order chi connectivity index (χ0) is 12.8. The van der Waals surface area contributed by atoms with E-state index in [4.69, 9.17) is 23.2 Å². The molecule has 0 saturated heterocycles. The van der Waals surface area contributed by atoms with Gasteiger partial charge in [-0.2, -0.15) is 0 Å². The highest BCUT2D eigenvalue weighted by atomic mass is 35.5. The van der Waals surface area contributed by atoms with Crippen molar-refractivity contribution in [3.63, 3.8) is 0 Å². The van der Waals surface area contributed by atoms with Crippen LogP contribution in [0, 0.1) is 5.92 Å². The fourth-order valence-corrected chi connectivity index (χ4v) is 2.10. The van der Waals surface area contributed by atoms with Gasteiger partial charge in [0.05, 0.1) is 6.61 Å². The summed E-state index contributed by atoms with van der Waals surface area (Å²) in [6.45, 7) is 5.03. The summed E-state index contributed by atoms with van der Waals surface area (Å²) in [6, 6.07) is 5.51. The van der Waals surface area contributed by atoms with E-state index in [-0.39, 0.29) is 12.6 Å². The minimum Gasteiger partial charge on any atom is -0.395 e. The predicted octanol–water partition coefficient (Wildman–Crippen LogP) is 3.49. The lowest BCUT2D eigenvalue weighted by Gasteiger charge is -2.18. The van der Waals surface area contributed by atoms with Crippen LogP contribution in [-0.2, 0) is 6.54 Å². The van der Waals surface area contributed by atoms with Crippen LogP contribution in [0.3, 0.4) is 0 Å². The third-order valence-corrected chi connectivity index (χ3v) is 3.17. The van der Waals surface area contributed by atoms with E-state index in [0.29, 0.717) is 22.5 Å². The highest BCUT2D eigenvalue weighted by Crippen LogP contribution is 2.20. The largest absolute Gasteiger partial charge is 0.395 e. The Hall–Kier alpha value is -0.280. The van der Waals surface area contributed by atoms with Crippen LogP contribution in [0.1, 0.15) is 25.8 Å². The lowest BCUT2D eigenvalue weighted by atomic mass is 10.0. The molecule has 0 aromatic heterocycles. The van der Waals surface area contributed by atoms with Crippen molar-refractivity contribution in [2.45, 2.75) is 32.9 Å². The highest BCUT2D eigenvalue weighted by Gasteiger charge is 2.10. The van der Waals surface area contributed by atoms with Crippen molar-refractivity contribution in [1.29, 1.82) is 0 Å². The molecular weight excluding hydrogens is 257 g/mol. The third kappa shape index (κ3) is 5.26. The minimum absolute atomic E-state index is 0.102. The van der Waals surface area contributed by atoms with Gasteiger partial charge in [-0.25, -0.2) is 0 Å². The SMILES string of the molecule is CC(C)CC(CO)NCc1cc(Cl)ccc1Cl. The van der Waals surface area contributed by atoms with Crippen LogP contribution >= 0.6 is 23.2 Å². The number of aliphatic hydroxyl groups excluding tert-OH is 1. The smallest absolute Gasteiger partial charge is 0.0584 e. The molecule has 1 aromatic rings. The van der Waals surface area contributed by atoms with Gasteiger partial charge in [0.15, 0.2) is 0 Å². The maximum Gasteiger partial charge on any atom is 0.0584 e. The van der Waals surface area contributed by atoms with Crippen LogP contribution in [0.2, 0.25) is 10.0 Å². The predicted molar refractivity (Wildman–Crippen MR) is 73.6 cm³/mol. The number of halogens is 2. The van der Waals surface area contributed by atoms with Gasteiger partial charge in [0.25, 0.3) is 0 Å².